The van der Waals surface area contributed by atoms with Crippen LogP contribution in [0.1, 0.15) is 36.1 Å². The number of benzene rings is 4. The lowest BCUT2D eigenvalue weighted by Crippen LogP contribution is -2.30. The number of aliphatic carboxylic acids is 1. The summed E-state index contributed by atoms with van der Waals surface area (Å²) in [6, 6.07) is 24.3. The van der Waals surface area contributed by atoms with E-state index in [2.05, 4.69) is 15.0 Å². The Labute approximate surface area is 390 Å². The lowest BCUT2D eigenvalue weighted by atomic mass is 9.94. The van der Waals surface area contributed by atoms with Gasteiger partial charge in [0.1, 0.15) is 59.3 Å². The number of rotatable bonds is 15. The zero-order chi connectivity index (χ0) is 46.2. The van der Waals surface area contributed by atoms with Crippen LogP contribution in [0.4, 0.5) is 4.39 Å². The number of hydrogen-bond donors (Lipinski definition) is 1. The maximum Gasteiger partial charge on any atom is 0.345 e. The van der Waals surface area contributed by atoms with Crippen molar-refractivity contribution in [2.24, 2.45) is 5.92 Å². The van der Waals surface area contributed by atoms with Crippen LogP contribution in [0.2, 0.25) is 5.02 Å². The van der Waals surface area contributed by atoms with E-state index in [1.165, 1.54) is 29.8 Å². The monoisotopic (exact) mass is 934 g/mol. The first-order chi connectivity index (χ1) is 32.1. The van der Waals surface area contributed by atoms with E-state index in [0.717, 1.165) is 23.3 Å². The molecular formula is C50H48ClFN4O9S. The van der Waals surface area contributed by atoms with E-state index < -0.39 is 18.2 Å². The van der Waals surface area contributed by atoms with Crippen LogP contribution in [-0.2, 0) is 27.3 Å². The lowest BCUT2D eigenvalue weighted by Gasteiger charge is -2.26. The SMILES string of the molecule is COCCC(CCOC)C[C@@H]1COc2ccc(OCc3ccnc(-c4ccccc4OC)n3)c(c2)C[C@H](C(=O)O)Oc2ncnc3sc(-c4ccc(F)cc4)c(c23)-c2ccc(c(Cl)c2C)O1. The molecule has 0 fully saturated rings. The van der Waals surface area contributed by atoms with Crippen molar-refractivity contribution < 1.29 is 47.4 Å². The van der Waals surface area contributed by atoms with Gasteiger partial charge in [0.05, 0.1) is 28.8 Å². The van der Waals surface area contributed by atoms with Crippen molar-refractivity contribution in [3.8, 4) is 61.8 Å². The summed E-state index contributed by atoms with van der Waals surface area (Å²) in [5, 5.41) is 11.7. The number of carbonyl (C=O) groups is 1. The van der Waals surface area contributed by atoms with Crippen LogP contribution in [0, 0.1) is 18.7 Å². The third-order valence-electron chi connectivity index (χ3n) is 11.4. The van der Waals surface area contributed by atoms with Crippen LogP contribution >= 0.6 is 22.9 Å². The maximum atomic E-state index is 14.3. The Morgan fingerprint density at radius 3 is 2.47 bits per heavy atom. The van der Waals surface area contributed by atoms with Gasteiger partial charge in [0.25, 0.3) is 0 Å². The largest absolute Gasteiger partial charge is 0.496 e. The van der Waals surface area contributed by atoms with Gasteiger partial charge in [-0.2, -0.15) is 0 Å². The number of halogens is 2. The van der Waals surface area contributed by atoms with Crippen molar-refractivity contribution in [3.63, 3.8) is 0 Å². The van der Waals surface area contributed by atoms with Gasteiger partial charge in [-0.25, -0.2) is 29.1 Å². The number of nitrogens with zero attached hydrogens (tertiary/aromatic N) is 4. The molecule has 16 heteroatoms. The summed E-state index contributed by atoms with van der Waals surface area (Å²) >= 11 is 8.60. The van der Waals surface area contributed by atoms with Crippen molar-refractivity contribution in [3.05, 3.63) is 125 Å². The number of carboxylic acid groups (broad SMARTS) is 1. The first-order valence-corrected chi connectivity index (χ1v) is 22.5. The Morgan fingerprint density at radius 1 is 0.924 bits per heavy atom. The van der Waals surface area contributed by atoms with E-state index in [4.69, 9.17) is 49.7 Å². The number of aromatic nitrogens is 4. The molecule has 7 aromatic rings. The molecule has 4 aromatic carbocycles. The number of para-hydroxylation sites is 1. The molecule has 0 saturated carbocycles. The number of fused-ring (bicyclic) bond motifs is 7. The number of hydrogen-bond acceptors (Lipinski definition) is 13. The molecule has 3 aromatic heterocycles. The van der Waals surface area contributed by atoms with Crippen molar-refractivity contribution >= 4 is 39.1 Å². The van der Waals surface area contributed by atoms with Crippen LogP contribution in [0.15, 0.2) is 97.5 Å². The van der Waals surface area contributed by atoms with Gasteiger partial charge in [-0.15, -0.1) is 11.3 Å². The molecule has 9 rings (SSSR count). The Balaban J connectivity index is 1.23. The van der Waals surface area contributed by atoms with Gasteiger partial charge >= 0.3 is 5.97 Å². The lowest BCUT2D eigenvalue weighted by molar-refractivity contribution is -0.145. The Morgan fingerprint density at radius 2 is 1.71 bits per heavy atom. The van der Waals surface area contributed by atoms with E-state index in [9.17, 15) is 14.3 Å². The van der Waals surface area contributed by atoms with E-state index in [1.54, 1.807) is 63.9 Å². The van der Waals surface area contributed by atoms with Crippen LogP contribution in [0.3, 0.4) is 0 Å². The average Bonchev–Trinajstić information content (AvgIpc) is 3.72. The van der Waals surface area contributed by atoms with Gasteiger partial charge in [0.15, 0.2) is 5.82 Å². The standard InChI is InChI=1S/C50H48ClFN4O9S/c1-29-37-14-16-41(45(29)51)64-36(23-30(18-21-59-2)19-22-60-3)27-62-35-13-15-39(63-26-34-17-20-53-47(56-34)38-7-5-6-8-40(38)61-4)32(24-35)25-42(50(57)58)65-48-44-43(37)46(66-49(44)55-28-54-48)31-9-11-33(52)12-10-31/h5-17,20,24,28,30,36,42H,18-19,21-23,25-27H2,1-4H3,(H,57,58)/t36-,42-/m1/s1. The van der Waals surface area contributed by atoms with Gasteiger partial charge in [-0.3, -0.25) is 0 Å². The van der Waals surface area contributed by atoms with Gasteiger partial charge in [0, 0.05) is 56.1 Å². The van der Waals surface area contributed by atoms with Gasteiger partial charge in [-0.05, 0) is 103 Å². The normalized spacial score (nSPS) is 14.9. The second kappa shape index (κ2) is 21.3. The Bertz CT molecular complexity index is 2800. The molecule has 342 valence electrons. The minimum atomic E-state index is -1.46. The smallest absolute Gasteiger partial charge is 0.345 e. The van der Waals surface area contributed by atoms with Crippen LogP contribution < -0.4 is 23.7 Å². The summed E-state index contributed by atoms with van der Waals surface area (Å²) < 4.78 is 56.9. The zero-order valence-electron chi connectivity index (χ0n) is 36.8. The molecule has 0 spiro atoms. The topological polar surface area (TPSA) is 153 Å². The molecule has 4 bridgehead atoms. The summed E-state index contributed by atoms with van der Waals surface area (Å²) in [5.74, 6) is 0.968. The molecule has 2 aliphatic heterocycles. The summed E-state index contributed by atoms with van der Waals surface area (Å²) in [6.45, 7) is 3.16. The molecule has 0 aliphatic carbocycles. The maximum absolute atomic E-state index is 14.3. The summed E-state index contributed by atoms with van der Waals surface area (Å²) in [5.41, 5.74) is 4.56. The third-order valence-corrected chi connectivity index (χ3v) is 13.0. The fraction of sp³-hybridized carbons (Fsp3) is 0.300. The highest BCUT2D eigenvalue weighted by Gasteiger charge is 2.30. The summed E-state index contributed by atoms with van der Waals surface area (Å²) in [7, 11) is 4.94. The first-order valence-electron chi connectivity index (χ1n) is 21.3. The Kier molecular flexibility index (Phi) is 14.9. The third kappa shape index (κ3) is 10.5. The van der Waals surface area contributed by atoms with Crippen LogP contribution in [0.5, 0.6) is 28.9 Å². The minimum absolute atomic E-state index is 0.0327. The molecule has 0 amide bonds. The highest BCUT2D eigenvalue weighted by atomic mass is 35.5. The van der Waals surface area contributed by atoms with Crippen molar-refractivity contribution in [1.82, 2.24) is 19.9 Å². The highest BCUT2D eigenvalue weighted by molar-refractivity contribution is 7.22. The minimum Gasteiger partial charge on any atom is -0.496 e. The molecule has 0 unspecified atom stereocenters. The zero-order valence-corrected chi connectivity index (χ0v) is 38.4. The molecule has 2 aliphatic rings. The van der Waals surface area contributed by atoms with E-state index >= 15 is 0 Å². The molecule has 5 heterocycles. The number of carboxylic acids is 1. The molecule has 2 atom stereocenters. The van der Waals surface area contributed by atoms with Crippen LogP contribution in [-0.4, -0.2) is 84.4 Å². The van der Waals surface area contributed by atoms with Crippen molar-refractivity contribution in [2.45, 2.75) is 51.4 Å². The predicted octanol–water partition coefficient (Wildman–Crippen LogP) is 10.5. The molecule has 1 N–H and O–H groups in total. The molecule has 66 heavy (non-hydrogen) atoms. The number of methoxy groups -OCH3 is 3. The fourth-order valence-corrected chi connectivity index (χ4v) is 9.33. The first kappa shape index (κ1) is 46.2. The molecule has 0 radical (unpaired) electrons. The molecular weight excluding hydrogens is 887 g/mol. The highest BCUT2D eigenvalue weighted by Crippen LogP contribution is 2.50. The van der Waals surface area contributed by atoms with Crippen molar-refractivity contribution in [1.29, 1.82) is 0 Å². The van der Waals surface area contributed by atoms with Gasteiger partial charge in [0.2, 0.25) is 12.0 Å². The molecule has 0 saturated heterocycles. The molecule has 13 nitrogen and oxygen atoms in total. The van der Waals surface area contributed by atoms with E-state index in [0.29, 0.717) is 97.2 Å². The second-order valence-electron chi connectivity index (χ2n) is 15.7. The van der Waals surface area contributed by atoms with Gasteiger partial charge < -0.3 is 38.3 Å². The summed E-state index contributed by atoms with van der Waals surface area (Å²) in [6.07, 6.45) is 3.02. The Hall–Kier alpha value is -6.39. The second-order valence-corrected chi connectivity index (χ2v) is 17.1. The van der Waals surface area contributed by atoms with Crippen molar-refractivity contribution in [2.75, 3.05) is 41.2 Å². The number of ether oxygens (including phenoxy) is 7. The number of thiophene rings is 1. The quantitative estimate of drug-likeness (QED) is 0.104. The van der Waals surface area contributed by atoms with E-state index in [-0.39, 0.29) is 37.2 Å². The van der Waals surface area contributed by atoms with Gasteiger partial charge in [-0.1, -0.05) is 41.9 Å². The summed E-state index contributed by atoms with van der Waals surface area (Å²) in [4.78, 5) is 32.9. The van der Waals surface area contributed by atoms with Crippen LogP contribution in [0.25, 0.3) is 43.2 Å². The van der Waals surface area contributed by atoms with E-state index in [1.807, 2.05) is 43.3 Å². The average molecular weight is 935 g/mol. The fourth-order valence-electron chi connectivity index (χ4n) is 7.97. The predicted molar refractivity (Wildman–Crippen MR) is 250 cm³/mol.